The van der Waals surface area contributed by atoms with E-state index in [1.165, 1.54) is 50.0 Å². The van der Waals surface area contributed by atoms with Gasteiger partial charge < -0.3 is 10.2 Å². The number of hydrogen-bond donors (Lipinski definition) is 2. The van der Waals surface area contributed by atoms with Crippen LogP contribution in [0, 0.1) is 0 Å². The molecule has 1 aromatic carbocycles. The summed E-state index contributed by atoms with van der Waals surface area (Å²) in [5, 5.41) is 12.0. The largest absolute Gasteiger partial charge is 0.382 e. The number of hydrogen-bond acceptors (Lipinski definition) is 3. The summed E-state index contributed by atoms with van der Waals surface area (Å²) in [6.07, 6.45) is 5.62. The molecule has 0 aliphatic carbocycles. The summed E-state index contributed by atoms with van der Waals surface area (Å²) in [7, 11) is 0. The van der Waals surface area contributed by atoms with Gasteiger partial charge in [0.05, 0.1) is 11.7 Å². The maximum Gasteiger partial charge on any atom is 0.0671 e. The van der Waals surface area contributed by atoms with E-state index in [2.05, 4.69) is 45.5 Å². The van der Waals surface area contributed by atoms with Gasteiger partial charge in [-0.2, -0.15) is 5.10 Å². The summed E-state index contributed by atoms with van der Waals surface area (Å²) < 4.78 is 0. The SMILES string of the molecule is CCCN1CCC(Nc2cccc3[nH]ncc23)CC1. The summed E-state index contributed by atoms with van der Waals surface area (Å²) in [6, 6.07) is 6.89. The average Bonchev–Trinajstić information content (AvgIpc) is 2.91. The van der Waals surface area contributed by atoms with Crippen LogP contribution >= 0.6 is 0 Å². The number of rotatable bonds is 4. The normalized spacial score (nSPS) is 17.9. The van der Waals surface area contributed by atoms with Crippen molar-refractivity contribution in [3.05, 3.63) is 24.4 Å². The molecule has 3 rings (SSSR count). The van der Waals surface area contributed by atoms with Gasteiger partial charge in [0.25, 0.3) is 0 Å². The predicted molar refractivity (Wildman–Crippen MR) is 79.5 cm³/mol. The van der Waals surface area contributed by atoms with Crippen LogP contribution in [0.15, 0.2) is 24.4 Å². The van der Waals surface area contributed by atoms with Crippen molar-refractivity contribution in [2.24, 2.45) is 0 Å². The van der Waals surface area contributed by atoms with Crippen molar-refractivity contribution >= 4 is 16.6 Å². The molecule has 19 heavy (non-hydrogen) atoms. The van der Waals surface area contributed by atoms with E-state index in [4.69, 9.17) is 0 Å². The average molecular weight is 258 g/mol. The number of aromatic amines is 1. The fourth-order valence-electron chi connectivity index (χ4n) is 2.93. The Bertz CT molecular complexity index is 526. The van der Waals surface area contributed by atoms with E-state index in [-0.39, 0.29) is 0 Å². The van der Waals surface area contributed by atoms with Crippen molar-refractivity contribution in [2.45, 2.75) is 32.2 Å². The molecule has 0 atom stereocenters. The van der Waals surface area contributed by atoms with Gasteiger partial charge in [-0.15, -0.1) is 0 Å². The van der Waals surface area contributed by atoms with Gasteiger partial charge in [0.2, 0.25) is 0 Å². The van der Waals surface area contributed by atoms with Crippen molar-refractivity contribution in [1.29, 1.82) is 0 Å². The zero-order chi connectivity index (χ0) is 13.1. The first kappa shape index (κ1) is 12.5. The third kappa shape index (κ3) is 2.73. The molecule has 0 amide bonds. The monoisotopic (exact) mass is 258 g/mol. The molecule has 1 aliphatic heterocycles. The maximum atomic E-state index is 4.12. The second-order valence-electron chi connectivity index (χ2n) is 5.40. The minimum atomic E-state index is 0.591. The van der Waals surface area contributed by atoms with Crippen LogP contribution in [0.3, 0.4) is 0 Å². The molecule has 0 saturated carbocycles. The van der Waals surface area contributed by atoms with Crippen molar-refractivity contribution in [1.82, 2.24) is 15.1 Å². The van der Waals surface area contributed by atoms with Gasteiger partial charge in [-0.3, -0.25) is 5.10 Å². The van der Waals surface area contributed by atoms with Gasteiger partial charge >= 0.3 is 0 Å². The summed E-state index contributed by atoms with van der Waals surface area (Å²) >= 11 is 0. The Kier molecular flexibility index (Phi) is 3.69. The third-order valence-corrected chi connectivity index (χ3v) is 3.97. The van der Waals surface area contributed by atoms with Crippen molar-refractivity contribution < 1.29 is 0 Å². The molecule has 0 radical (unpaired) electrons. The highest BCUT2D eigenvalue weighted by Gasteiger charge is 2.18. The number of likely N-dealkylation sites (tertiary alicyclic amines) is 1. The number of fused-ring (bicyclic) bond motifs is 1. The van der Waals surface area contributed by atoms with E-state index >= 15 is 0 Å². The molecule has 102 valence electrons. The Labute approximate surface area is 114 Å². The molecular formula is C15H22N4. The maximum absolute atomic E-state index is 4.12. The summed E-state index contributed by atoms with van der Waals surface area (Å²) in [5.41, 5.74) is 2.31. The minimum absolute atomic E-state index is 0.591. The second kappa shape index (κ2) is 5.61. The number of nitrogens with one attached hydrogen (secondary N) is 2. The lowest BCUT2D eigenvalue weighted by molar-refractivity contribution is 0.219. The van der Waals surface area contributed by atoms with Gasteiger partial charge in [0.1, 0.15) is 0 Å². The highest BCUT2D eigenvalue weighted by molar-refractivity contribution is 5.90. The fraction of sp³-hybridized carbons (Fsp3) is 0.533. The molecule has 2 aromatic rings. The van der Waals surface area contributed by atoms with E-state index in [1.807, 2.05) is 6.20 Å². The zero-order valence-electron chi connectivity index (χ0n) is 11.5. The summed E-state index contributed by atoms with van der Waals surface area (Å²) in [6.45, 7) is 5.92. The number of H-pyrrole nitrogens is 1. The first-order chi connectivity index (χ1) is 9.36. The standard InChI is InChI=1S/C15H22N4/c1-2-8-19-9-6-12(7-10-19)17-14-4-3-5-15-13(14)11-16-18-15/h3-5,11-12,17H,2,6-10H2,1H3,(H,16,18). The molecule has 1 saturated heterocycles. The van der Waals surface area contributed by atoms with Crippen LogP contribution in [-0.4, -0.2) is 40.8 Å². The van der Waals surface area contributed by atoms with Crippen molar-refractivity contribution in [3.63, 3.8) is 0 Å². The molecule has 0 spiro atoms. The smallest absolute Gasteiger partial charge is 0.0671 e. The van der Waals surface area contributed by atoms with Crippen LogP contribution in [0.2, 0.25) is 0 Å². The summed E-state index contributed by atoms with van der Waals surface area (Å²) in [4.78, 5) is 2.57. The molecule has 1 fully saturated rings. The van der Waals surface area contributed by atoms with Gasteiger partial charge in [-0.1, -0.05) is 13.0 Å². The van der Waals surface area contributed by atoms with Crippen LogP contribution in [-0.2, 0) is 0 Å². The highest BCUT2D eigenvalue weighted by Crippen LogP contribution is 2.24. The zero-order valence-corrected chi connectivity index (χ0v) is 11.5. The van der Waals surface area contributed by atoms with E-state index in [9.17, 15) is 0 Å². The molecule has 0 unspecified atom stereocenters. The first-order valence-corrected chi connectivity index (χ1v) is 7.28. The van der Waals surface area contributed by atoms with Crippen molar-refractivity contribution in [3.8, 4) is 0 Å². The quantitative estimate of drug-likeness (QED) is 0.886. The lowest BCUT2D eigenvalue weighted by atomic mass is 10.0. The molecule has 2 N–H and O–H groups in total. The number of benzene rings is 1. The van der Waals surface area contributed by atoms with Crippen LogP contribution in [0.4, 0.5) is 5.69 Å². The van der Waals surface area contributed by atoms with E-state index in [0.717, 1.165) is 5.52 Å². The first-order valence-electron chi connectivity index (χ1n) is 7.28. The van der Waals surface area contributed by atoms with Gasteiger partial charge in [0, 0.05) is 30.2 Å². The molecule has 0 bridgehead atoms. The van der Waals surface area contributed by atoms with Crippen LogP contribution in [0.5, 0.6) is 0 Å². The number of piperidine rings is 1. The van der Waals surface area contributed by atoms with Crippen LogP contribution < -0.4 is 5.32 Å². The fourth-order valence-corrected chi connectivity index (χ4v) is 2.93. The van der Waals surface area contributed by atoms with Gasteiger partial charge in [-0.25, -0.2) is 0 Å². The molecular weight excluding hydrogens is 236 g/mol. The highest BCUT2D eigenvalue weighted by atomic mass is 15.1. The predicted octanol–water partition coefficient (Wildman–Crippen LogP) is 2.85. The minimum Gasteiger partial charge on any atom is -0.382 e. The second-order valence-corrected chi connectivity index (χ2v) is 5.40. The van der Waals surface area contributed by atoms with E-state index in [1.54, 1.807) is 0 Å². The Morgan fingerprint density at radius 3 is 3.00 bits per heavy atom. The third-order valence-electron chi connectivity index (χ3n) is 3.97. The Morgan fingerprint density at radius 2 is 2.21 bits per heavy atom. The Morgan fingerprint density at radius 1 is 1.37 bits per heavy atom. The number of anilines is 1. The lowest BCUT2D eigenvalue weighted by Gasteiger charge is -2.32. The molecule has 4 nitrogen and oxygen atoms in total. The Balaban J connectivity index is 1.65. The molecule has 2 heterocycles. The number of nitrogens with zero attached hydrogens (tertiary/aromatic N) is 2. The topological polar surface area (TPSA) is 44.0 Å². The number of aromatic nitrogens is 2. The van der Waals surface area contributed by atoms with Gasteiger partial charge in [0.15, 0.2) is 0 Å². The lowest BCUT2D eigenvalue weighted by Crippen LogP contribution is -2.39. The van der Waals surface area contributed by atoms with Crippen molar-refractivity contribution in [2.75, 3.05) is 25.0 Å². The van der Waals surface area contributed by atoms with Gasteiger partial charge in [-0.05, 0) is 37.9 Å². The van der Waals surface area contributed by atoms with Crippen LogP contribution in [0.1, 0.15) is 26.2 Å². The van der Waals surface area contributed by atoms with E-state index in [0.29, 0.717) is 6.04 Å². The van der Waals surface area contributed by atoms with Crippen LogP contribution in [0.25, 0.3) is 10.9 Å². The Hall–Kier alpha value is -1.55. The molecule has 1 aliphatic rings. The summed E-state index contributed by atoms with van der Waals surface area (Å²) in [5.74, 6) is 0. The molecule has 1 aromatic heterocycles. The van der Waals surface area contributed by atoms with E-state index < -0.39 is 0 Å². The molecule has 4 heteroatoms.